The van der Waals surface area contributed by atoms with E-state index in [1.54, 1.807) is 0 Å². The zero-order valence-electron chi connectivity index (χ0n) is 14.8. The van der Waals surface area contributed by atoms with Crippen LogP contribution in [0, 0.1) is 0 Å². The number of nitrogens with zero attached hydrogens (tertiary/aromatic N) is 1. The highest BCUT2D eigenvalue weighted by molar-refractivity contribution is 6.20. The fourth-order valence-corrected chi connectivity index (χ4v) is 3.84. The van der Waals surface area contributed by atoms with Crippen molar-refractivity contribution < 1.29 is 9.36 Å². The van der Waals surface area contributed by atoms with Crippen molar-refractivity contribution in [1.82, 2.24) is 0 Å². The van der Waals surface area contributed by atoms with Gasteiger partial charge < -0.3 is 0 Å². The Hall–Kier alpha value is -3.52. The summed E-state index contributed by atoms with van der Waals surface area (Å²) in [4.78, 5) is 13.4. The van der Waals surface area contributed by atoms with E-state index in [2.05, 4.69) is 36.4 Å². The summed E-state index contributed by atoms with van der Waals surface area (Å²) in [5, 5.41) is 6.59. The number of carbonyl (C=O) groups is 1. The van der Waals surface area contributed by atoms with Gasteiger partial charge in [-0.05, 0) is 50.5 Å². The van der Waals surface area contributed by atoms with E-state index in [9.17, 15) is 4.79 Å². The van der Waals surface area contributed by atoms with Crippen molar-refractivity contribution in [3.05, 3.63) is 103 Å². The van der Waals surface area contributed by atoms with Gasteiger partial charge in [-0.2, -0.15) is 4.57 Å². The minimum absolute atomic E-state index is 0.128. The summed E-state index contributed by atoms with van der Waals surface area (Å²) in [7, 11) is 0. The molecular formula is C25H18NO+. The average molecular weight is 348 g/mol. The van der Waals surface area contributed by atoms with Crippen molar-refractivity contribution in [2.24, 2.45) is 0 Å². The van der Waals surface area contributed by atoms with Gasteiger partial charge in [-0.25, -0.2) is 0 Å². The molecule has 0 saturated carbocycles. The average Bonchev–Trinajstić information content (AvgIpc) is 2.71. The molecule has 0 radical (unpaired) electrons. The van der Waals surface area contributed by atoms with Gasteiger partial charge in [0.2, 0.25) is 12.3 Å². The number of carbonyl (C=O) groups excluding carboxylic acids is 1. The Morgan fingerprint density at radius 1 is 0.630 bits per heavy atom. The third-order valence-corrected chi connectivity index (χ3v) is 5.11. The van der Waals surface area contributed by atoms with Crippen LogP contribution in [-0.4, -0.2) is 5.78 Å². The van der Waals surface area contributed by atoms with Crippen LogP contribution in [0.15, 0.2) is 97.3 Å². The van der Waals surface area contributed by atoms with E-state index in [1.165, 1.54) is 5.39 Å². The van der Waals surface area contributed by atoms with Crippen LogP contribution in [0.4, 0.5) is 0 Å². The minimum atomic E-state index is 0.128. The zero-order valence-corrected chi connectivity index (χ0v) is 14.8. The summed E-state index contributed by atoms with van der Waals surface area (Å²) in [5.41, 5.74) is 0.810. The van der Waals surface area contributed by atoms with E-state index < -0.39 is 0 Å². The highest BCUT2D eigenvalue weighted by Gasteiger charge is 2.19. The smallest absolute Gasteiger partial charge is 0.228 e. The van der Waals surface area contributed by atoms with Gasteiger partial charge in [0.1, 0.15) is 0 Å². The largest absolute Gasteiger partial charge is 0.287 e. The number of aromatic nitrogens is 1. The SMILES string of the molecule is O=C(C[n+]1ccccc1)c1c2ccccc2cc2cc3ccccc3cc12. The van der Waals surface area contributed by atoms with Crippen LogP contribution in [0.2, 0.25) is 0 Å². The number of hydrogen-bond donors (Lipinski definition) is 0. The second kappa shape index (κ2) is 6.33. The Morgan fingerprint density at radius 3 is 2.04 bits per heavy atom. The Bertz CT molecular complexity index is 1300. The maximum atomic E-state index is 13.4. The van der Waals surface area contributed by atoms with Crippen LogP contribution in [0.5, 0.6) is 0 Å². The molecule has 4 aromatic carbocycles. The van der Waals surface area contributed by atoms with Crippen molar-refractivity contribution in [1.29, 1.82) is 0 Å². The first-order valence-electron chi connectivity index (χ1n) is 9.11. The lowest BCUT2D eigenvalue weighted by Gasteiger charge is -2.11. The molecule has 0 aliphatic rings. The minimum Gasteiger partial charge on any atom is -0.287 e. The molecule has 27 heavy (non-hydrogen) atoms. The lowest BCUT2D eigenvalue weighted by Crippen LogP contribution is -2.36. The molecule has 0 spiro atoms. The van der Waals surface area contributed by atoms with Gasteiger partial charge in [-0.1, -0.05) is 54.6 Å². The van der Waals surface area contributed by atoms with Crippen LogP contribution < -0.4 is 4.57 Å². The Kier molecular flexibility index (Phi) is 3.68. The summed E-state index contributed by atoms with van der Waals surface area (Å²) in [6.07, 6.45) is 3.86. The maximum absolute atomic E-state index is 13.4. The topological polar surface area (TPSA) is 20.9 Å². The highest BCUT2D eigenvalue weighted by atomic mass is 16.1. The van der Waals surface area contributed by atoms with Gasteiger partial charge in [0, 0.05) is 17.7 Å². The number of hydrogen-bond acceptors (Lipinski definition) is 1. The van der Waals surface area contributed by atoms with Gasteiger partial charge in [-0.3, -0.25) is 4.79 Å². The van der Waals surface area contributed by atoms with Gasteiger partial charge in [0.05, 0.1) is 0 Å². The monoisotopic (exact) mass is 348 g/mol. The molecule has 1 aromatic heterocycles. The van der Waals surface area contributed by atoms with Crippen molar-refractivity contribution >= 4 is 38.1 Å². The number of benzene rings is 4. The Labute approximate surface area is 157 Å². The highest BCUT2D eigenvalue weighted by Crippen LogP contribution is 2.32. The van der Waals surface area contributed by atoms with E-state index in [-0.39, 0.29) is 5.78 Å². The standard InChI is InChI=1S/C25H18NO/c27-24(17-26-12-6-1-7-13-26)25-22-11-5-4-10-20(22)15-21-14-18-8-2-3-9-19(18)16-23(21)25/h1-16H,17H2/q+1. The normalized spacial score (nSPS) is 11.3. The lowest BCUT2D eigenvalue weighted by atomic mass is 9.92. The van der Waals surface area contributed by atoms with Crippen LogP contribution >= 0.6 is 0 Å². The number of Topliss-reactive ketones (excluding diaryl/α,β-unsaturated/α-hetero) is 1. The molecular weight excluding hydrogens is 330 g/mol. The molecule has 0 saturated heterocycles. The van der Waals surface area contributed by atoms with Crippen molar-refractivity contribution in [3.8, 4) is 0 Å². The number of ketones is 1. The van der Waals surface area contributed by atoms with Crippen LogP contribution in [-0.2, 0) is 6.54 Å². The second-order valence-corrected chi connectivity index (χ2v) is 6.86. The van der Waals surface area contributed by atoms with Gasteiger partial charge in [0.25, 0.3) is 0 Å². The molecule has 5 aromatic rings. The number of rotatable bonds is 3. The van der Waals surface area contributed by atoms with E-state index in [4.69, 9.17) is 0 Å². The molecule has 0 atom stereocenters. The fourth-order valence-electron chi connectivity index (χ4n) is 3.84. The van der Waals surface area contributed by atoms with E-state index >= 15 is 0 Å². The number of pyridine rings is 1. The van der Waals surface area contributed by atoms with E-state index in [0.29, 0.717) is 6.54 Å². The lowest BCUT2D eigenvalue weighted by molar-refractivity contribution is -0.683. The van der Waals surface area contributed by atoms with Crippen LogP contribution in [0.25, 0.3) is 32.3 Å². The molecule has 0 N–H and O–H groups in total. The Morgan fingerprint density at radius 2 is 1.26 bits per heavy atom. The summed E-state index contributed by atoms with van der Waals surface area (Å²) in [6, 6.07) is 28.8. The molecule has 0 unspecified atom stereocenters. The van der Waals surface area contributed by atoms with Crippen molar-refractivity contribution in [2.75, 3.05) is 0 Å². The summed E-state index contributed by atoms with van der Waals surface area (Å²) in [6.45, 7) is 0.330. The second-order valence-electron chi connectivity index (χ2n) is 6.86. The molecule has 0 fully saturated rings. The summed E-state index contributed by atoms with van der Waals surface area (Å²) < 4.78 is 1.93. The van der Waals surface area contributed by atoms with Gasteiger partial charge >= 0.3 is 0 Å². The van der Waals surface area contributed by atoms with E-state index in [1.807, 2.05) is 65.5 Å². The molecule has 5 rings (SSSR count). The quantitative estimate of drug-likeness (QED) is 0.246. The molecule has 2 nitrogen and oxygen atoms in total. The molecule has 0 bridgehead atoms. The predicted octanol–water partition coefficient (Wildman–Crippen LogP) is 5.32. The summed E-state index contributed by atoms with van der Waals surface area (Å²) >= 11 is 0. The fraction of sp³-hybridized carbons (Fsp3) is 0.0400. The molecule has 0 aliphatic carbocycles. The zero-order chi connectivity index (χ0) is 18.2. The molecule has 128 valence electrons. The van der Waals surface area contributed by atoms with Crippen LogP contribution in [0.3, 0.4) is 0 Å². The molecule has 0 amide bonds. The summed E-state index contributed by atoms with van der Waals surface area (Å²) in [5.74, 6) is 0.128. The maximum Gasteiger partial charge on any atom is 0.228 e. The van der Waals surface area contributed by atoms with Gasteiger partial charge in [-0.15, -0.1) is 0 Å². The number of fused-ring (bicyclic) bond motifs is 3. The first-order chi connectivity index (χ1) is 13.3. The molecule has 2 heteroatoms. The third kappa shape index (κ3) is 2.76. The third-order valence-electron chi connectivity index (χ3n) is 5.11. The molecule has 1 heterocycles. The van der Waals surface area contributed by atoms with Crippen molar-refractivity contribution in [3.63, 3.8) is 0 Å². The Balaban J connectivity index is 1.80. The van der Waals surface area contributed by atoms with Crippen molar-refractivity contribution in [2.45, 2.75) is 6.54 Å². The first-order valence-corrected chi connectivity index (χ1v) is 9.11. The van der Waals surface area contributed by atoms with Crippen LogP contribution in [0.1, 0.15) is 10.4 Å². The first kappa shape index (κ1) is 15.7. The molecule has 0 aliphatic heterocycles. The predicted molar refractivity (Wildman–Crippen MR) is 110 cm³/mol. The van der Waals surface area contributed by atoms with Gasteiger partial charge in [0.15, 0.2) is 12.4 Å². The van der Waals surface area contributed by atoms with E-state index in [0.717, 1.165) is 32.5 Å².